The van der Waals surface area contributed by atoms with E-state index in [0.29, 0.717) is 26.2 Å². The molecule has 0 aromatic heterocycles. The first-order chi connectivity index (χ1) is 9.22. The fourth-order valence-electron chi connectivity index (χ4n) is 1.59. The Bertz CT molecular complexity index is 362. The normalized spacial score (nSPS) is 10.2. The average Bonchev–Trinajstić information content (AvgIpc) is 2.42. The number of hydrogen-bond donors (Lipinski definition) is 1. The molecule has 0 bridgehead atoms. The summed E-state index contributed by atoms with van der Waals surface area (Å²) in [5, 5.41) is 2.85. The van der Waals surface area contributed by atoms with Crippen molar-refractivity contribution in [1.29, 1.82) is 0 Å². The van der Waals surface area contributed by atoms with Crippen molar-refractivity contribution < 1.29 is 14.3 Å². The van der Waals surface area contributed by atoms with Gasteiger partial charge in [-0.15, -0.1) is 0 Å². The van der Waals surface area contributed by atoms with Gasteiger partial charge >= 0.3 is 0 Å². The molecule has 19 heavy (non-hydrogen) atoms. The smallest absolute Gasteiger partial charge is 0.220 e. The van der Waals surface area contributed by atoms with Crippen LogP contribution < -0.4 is 10.1 Å². The van der Waals surface area contributed by atoms with Crippen LogP contribution in [0.3, 0.4) is 0 Å². The molecule has 4 nitrogen and oxygen atoms in total. The maximum absolute atomic E-state index is 11.5. The molecule has 0 aliphatic carbocycles. The van der Waals surface area contributed by atoms with Crippen molar-refractivity contribution in [3.63, 3.8) is 0 Å². The van der Waals surface area contributed by atoms with Crippen LogP contribution in [0.25, 0.3) is 0 Å². The third-order valence-electron chi connectivity index (χ3n) is 2.69. The molecule has 4 heteroatoms. The van der Waals surface area contributed by atoms with Crippen molar-refractivity contribution >= 4 is 5.91 Å². The molecule has 0 radical (unpaired) electrons. The highest BCUT2D eigenvalue weighted by Gasteiger charge is 2.00. The molecule has 1 N–H and O–H groups in total. The monoisotopic (exact) mass is 265 g/mol. The van der Waals surface area contributed by atoms with Crippen molar-refractivity contribution in [3.05, 3.63) is 29.8 Å². The van der Waals surface area contributed by atoms with E-state index < -0.39 is 0 Å². The summed E-state index contributed by atoms with van der Waals surface area (Å²) in [5.74, 6) is 0.926. The van der Waals surface area contributed by atoms with Crippen LogP contribution in [0.4, 0.5) is 0 Å². The van der Waals surface area contributed by atoms with Gasteiger partial charge in [0.1, 0.15) is 5.75 Å². The quantitative estimate of drug-likeness (QED) is 0.697. The Morgan fingerprint density at radius 3 is 2.58 bits per heavy atom. The van der Waals surface area contributed by atoms with Crippen molar-refractivity contribution in [2.45, 2.75) is 26.2 Å². The molecule has 0 saturated heterocycles. The molecule has 0 fully saturated rings. The largest absolute Gasteiger partial charge is 0.494 e. The van der Waals surface area contributed by atoms with Gasteiger partial charge in [-0.25, -0.2) is 0 Å². The third kappa shape index (κ3) is 7.47. The van der Waals surface area contributed by atoms with Crippen LogP contribution >= 0.6 is 0 Å². The van der Waals surface area contributed by atoms with Crippen molar-refractivity contribution in [2.24, 2.45) is 0 Å². The summed E-state index contributed by atoms with van der Waals surface area (Å²) in [6.07, 6.45) is 2.07. The summed E-state index contributed by atoms with van der Waals surface area (Å²) in [4.78, 5) is 11.5. The first-order valence-electron chi connectivity index (χ1n) is 6.67. The molecule has 0 spiro atoms. The van der Waals surface area contributed by atoms with Crippen LogP contribution in [0.15, 0.2) is 24.3 Å². The number of amides is 1. The number of benzene rings is 1. The number of carbonyl (C=O) groups is 1. The minimum absolute atomic E-state index is 0.0728. The second kappa shape index (κ2) is 9.39. The fraction of sp³-hybridized carbons (Fsp3) is 0.533. The number of aryl methyl sites for hydroxylation is 1. The molecule has 0 saturated carbocycles. The van der Waals surface area contributed by atoms with Gasteiger partial charge < -0.3 is 14.8 Å². The molecule has 0 heterocycles. The van der Waals surface area contributed by atoms with Crippen LogP contribution in [0.5, 0.6) is 5.75 Å². The third-order valence-corrected chi connectivity index (χ3v) is 2.69. The molecule has 0 aliphatic rings. The number of hydrogen-bond acceptors (Lipinski definition) is 3. The maximum atomic E-state index is 11.5. The van der Waals surface area contributed by atoms with Crippen LogP contribution in [0.2, 0.25) is 0 Å². The zero-order chi connectivity index (χ0) is 13.9. The predicted molar refractivity (Wildman–Crippen MR) is 75.4 cm³/mol. The molecule has 0 aliphatic heterocycles. The van der Waals surface area contributed by atoms with Crippen molar-refractivity contribution in [1.82, 2.24) is 5.32 Å². The molecule has 1 rings (SSSR count). The Morgan fingerprint density at radius 2 is 1.89 bits per heavy atom. The first-order valence-corrected chi connectivity index (χ1v) is 6.67. The minimum atomic E-state index is 0.0728. The van der Waals surface area contributed by atoms with Gasteiger partial charge in [0, 0.05) is 26.7 Å². The van der Waals surface area contributed by atoms with Gasteiger partial charge in [-0.1, -0.05) is 17.7 Å². The summed E-state index contributed by atoms with van der Waals surface area (Å²) < 4.78 is 10.5. The van der Waals surface area contributed by atoms with E-state index in [1.54, 1.807) is 7.11 Å². The highest BCUT2D eigenvalue weighted by Crippen LogP contribution is 2.11. The minimum Gasteiger partial charge on any atom is -0.494 e. The number of methoxy groups -OCH3 is 1. The van der Waals surface area contributed by atoms with Crippen LogP contribution in [0, 0.1) is 6.92 Å². The number of ether oxygens (including phenoxy) is 2. The van der Waals surface area contributed by atoms with E-state index in [1.807, 2.05) is 31.2 Å². The van der Waals surface area contributed by atoms with Crippen molar-refractivity contribution in [3.8, 4) is 5.75 Å². The second-order valence-corrected chi connectivity index (χ2v) is 4.46. The van der Waals surface area contributed by atoms with Crippen LogP contribution in [-0.2, 0) is 9.53 Å². The Hall–Kier alpha value is -1.55. The Morgan fingerprint density at radius 1 is 1.16 bits per heavy atom. The van der Waals surface area contributed by atoms with Gasteiger partial charge in [-0.05, 0) is 31.9 Å². The molecular weight excluding hydrogens is 242 g/mol. The summed E-state index contributed by atoms with van der Waals surface area (Å²) in [6, 6.07) is 7.91. The molecule has 106 valence electrons. The summed E-state index contributed by atoms with van der Waals surface area (Å²) >= 11 is 0. The standard InChI is InChI=1S/C15H23NO3/c1-13-6-8-14(9-7-13)19-12-3-5-15(17)16-10-4-11-18-2/h6-9H,3-5,10-12H2,1-2H3,(H,16,17). The second-order valence-electron chi connectivity index (χ2n) is 4.46. The van der Waals surface area contributed by atoms with E-state index in [1.165, 1.54) is 5.56 Å². The predicted octanol–water partition coefficient (Wildman–Crippen LogP) is 2.31. The molecule has 1 aromatic carbocycles. The van der Waals surface area contributed by atoms with E-state index in [0.717, 1.165) is 18.6 Å². The highest BCUT2D eigenvalue weighted by atomic mass is 16.5. The van der Waals surface area contributed by atoms with Crippen LogP contribution in [-0.4, -0.2) is 32.8 Å². The van der Waals surface area contributed by atoms with Gasteiger partial charge in [-0.2, -0.15) is 0 Å². The zero-order valence-corrected chi connectivity index (χ0v) is 11.8. The molecule has 1 amide bonds. The van der Waals surface area contributed by atoms with Crippen molar-refractivity contribution in [2.75, 3.05) is 26.9 Å². The summed E-state index contributed by atoms with van der Waals surface area (Å²) in [7, 11) is 1.66. The lowest BCUT2D eigenvalue weighted by Crippen LogP contribution is -2.25. The topological polar surface area (TPSA) is 47.6 Å². The Kier molecular flexibility index (Phi) is 7.66. The Balaban J connectivity index is 2.03. The lowest BCUT2D eigenvalue weighted by atomic mass is 10.2. The van der Waals surface area contributed by atoms with E-state index in [2.05, 4.69) is 5.32 Å². The molecular formula is C15H23NO3. The summed E-state index contributed by atoms with van der Waals surface area (Å²) in [5.41, 5.74) is 1.21. The van der Waals surface area contributed by atoms with Crippen LogP contribution in [0.1, 0.15) is 24.8 Å². The van der Waals surface area contributed by atoms with E-state index >= 15 is 0 Å². The van der Waals surface area contributed by atoms with Gasteiger partial charge in [0.2, 0.25) is 5.91 Å². The highest BCUT2D eigenvalue weighted by molar-refractivity contribution is 5.75. The average molecular weight is 265 g/mol. The number of rotatable bonds is 9. The van der Waals surface area contributed by atoms with Gasteiger partial charge in [0.25, 0.3) is 0 Å². The molecule has 0 atom stereocenters. The Labute approximate surface area is 115 Å². The molecule has 1 aromatic rings. The SMILES string of the molecule is COCCCNC(=O)CCCOc1ccc(C)cc1. The lowest BCUT2D eigenvalue weighted by Gasteiger charge is -2.07. The number of carbonyl (C=O) groups excluding carboxylic acids is 1. The van der Waals surface area contributed by atoms with Gasteiger partial charge in [0.05, 0.1) is 6.61 Å². The zero-order valence-electron chi connectivity index (χ0n) is 11.8. The maximum Gasteiger partial charge on any atom is 0.220 e. The number of nitrogens with one attached hydrogen (secondary N) is 1. The lowest BCUT2D eigenvalue weighted by molar-refractivity contribution is -0.121. The van der Waals surface area contributed by atoms with Gasteiger partial charge in [0.15, 0.2) is 0 Å². The molecule has 0 unspecified atom stereocenters. The van der Waals surface area contributed by atoms with Gasteiger partial charge in [-0.3, -0.25) is 4.79 Å². The van der Waals surface area contributed by atoms with E-state index in [-0.39, 0.29) is 5.91 Å². The summed E-state index contributed by atoms with van der Waals surface area (Å²) in [6.45, 7) is 3.95. The van der Waals surface area contributed by atoms with E-state index in [4.69, 9.17) is 9.47 Å². The van der Waals surface area contributed by atoms with E-state index in [9.17, 15) is 4.79 Å². The fourth-order valence-corrected chi connectivity index (χ4v) is 1.59. The first kappa shape index (κ1) is 15.5.